The van der Waals surface area contributed by atoms with Gasteiger partial charge in [0.15, 0.2) is 0 Å². The number of nitrogens with zero attached hydrogens (tertiary/aromatic N) is 4. The highest BCUT2D eigenvalue weighted by atomic mass is 35.5. The van der Waals surface area contributed by atoms with Gasteiger partial charge in [-0.2, -0.15) is 16.1 Å². The number of tetrazole rings is 1. The number of carbonyl (C=O) groups is 1. The Morgan fingerprint density at radius 3 is 3.05 bits per heavy atom. The summed E-state index contributed by atoms with van der Waals surface area (Å²) in [5.41, 5.74) is 2.50. The quantitative estimate of drug-likeness (QED) is 0.796. The lowest BCUT2D eigenvalue weighted by atomic mass is 10.2. The molecule has 2 heterocycles. The van der Waals surface area contributed by atoms with Crippen LogP contribution in [0.25, 0.3) is 11.4 Å². The molecule has 3 aromatic rings. The molecule has 0 aliphatic rings. The summed E-state index contributed by atoms with van der Waals surface area (Å²) in [6.07, 6.45) is 0. The Hall–Kier alpha value is -2.25. The fourth-order valence-corrected chi connectivity index (χ4v) is 2.67. The number of anilines is 1. The highest BCUT2D eigenvalue weighted by molar-refractivity contribution is 7.08. The van der Waals surface area contributed by atoms with Crippen LogP contribution in [0.15, 0.2) is 35.0 Å². The number of hydrogen-bond acceptors (Lipinski definition) is 5. The molecule has 2 aromatic heterocycles. The molecule has 1 aromatic carbocycles. The van der Waals surface area contributed by atoms with E-state index in [-0.39, 0.29) is 12.5 Å². The van der Waals surface area contributed by atoms with E-state index in [9.17, 15) is 4.79 Å². The molecule has 0 saturated carbocycles. The largest absolute Gasteiger partial charge is 0.324 e. The van der Waals surface area contributed by atoms with Crippen molar-refractivity contribution in [3.05, 3.63) is 45.6 Å². The first-order valence-electron chi connectivity index (χ1n) is 6.48. The zero-order valence-electron chi connectivity index (χ0n) is 11.7. The molecule has 0 bridgehead atoms. The summed E-state index contributed by atoms with van der Waals surface area (Å²) < 4.78 is 0. The number of aryl methyl sites for hydroxylation is 1. The van der Waals surface area contributed by atoms with Crippen molar-refractivity contribution in [2.45, 2.75) is 13.5 Å². The number of nitrogens with one attached hydrogen (secondary N) is 1. The molecule has 0 aliphatic carbocycles. The minimum absolute atomic E-state index is 0.0108. The van der Waals surface area contributed by atoms with Gasteiger partial charge in [-0.3, -0.25) is 4.79 Å². The first-order chi connectivity index (χ1) is 10.6. The summed E-state index contributed by atoms with van der Waals surface area (Å²) in [4.78, 5) is 13.3. The maximum Gasteiger partial charge on any atom is 0.248 e. The van der Waals surface area contributed by atoms with E-state index in [2.05, 4.69) is 20.7 Å². The monoisotopic (exact) mass is 333 g/mol. The number of hydrogen-bond donors (Lipinski definition) is 1. The number of carbonyl (C=O) groups excluding carboxylic acids is 1. The molecular formula is C14H12ClN5OS. The Morgan fingerprint density at radius 1 is 1.41 bits per heavy atom. The SMILES string of the molecule is Cc1ccc(Cl)cc1NC(=O)Cn1nnc(-c2ccsc2)n1. The molecule has 0 aliphatic heterocycles. The average Bonchev–Trinajstić information content (AvgIpc) is 3.13. The standard InChI is InChI=1S/C14H12ClN5OS/c1-9-2-3-11(15)6-12(9)16-13(21)7-20-18-14(17-19-20)10-4-5-22-8-10/h2-6,8H,7H2,1H3,(H,16,21). The van der Waals surface area contributed by atoms with E-state index in [4.69, 9.17) is 11.6 Å². The van der Waals surface area contributed by atoms with Crippen LogP contribution in [-0.2, 0) is 11.3 Å². The third kappa shape index (κ3) is 3.32. The van der Waals surface area contributed by atoms with E-state index >= 15 is 0 Å². The van der Waals surface area contributed by atoms with E-state index in [0.29, 0.717) is 16.5 Å². The van der Waals surface area contributed by atoms with Gasteiger partial charge in [-0.25, -0.2) is 0 Å². The van der Waals surface area contributed by atoms with Gasteiger partial charge >= 0.3 is 0 Å². The summed E-state index contributed by atoms with van der Waals surface area (Å²) >= 11 is 7.48. The van der Waals surface area contributed by atoms with Gasteiger partial charge in [0.05, 0.1) is 0 Å². The maximum atomic E-state index is 12.1. The van der Waals surface area contributed by atoms with E-state index < -0.39 is 0 Å². The van der Waals surface area contributed by atoms with Crippen LogP contribution in [-0.4, -0.2) is 26.1 Å². The van der Waals surface area contributed by atoms with E-state index in [1.54, 1.807) is 23.5 Å². The van der Waals surface area contributed by atoms with Gasteiger partial charge in [-0.05, 0) is 41.3 Å². The molecule has 1 amide bonds. The molecule has 0 fully saturated rings. The molecule has 6 nitrogen and oxygen atoms in total. The second-order valence-corrected chi connectivity index (χ2v) is 5.88. The fraction of sp³-hybridized carbons (Fsp3) is 0.143. The van der Waals surface area contributed by atoms with Crippen molar-refractivity contribution in [3.8, 4) is 11.4 Å². The van der Waals surface area contributed by atoms with Crippen molar-refractivity contribution in [2.75, 3.05) is 5.32 Å². The molecule has 1 N–H and O–H groups in total. The lowest BCUT2D eigenvalue weighted by Crippen LogP contribution is -2.20. The van der Waals surface area contributed by atoms with Crippen LogP contribution in [0.2, 0.25) is 5.02 Å². The molecule has 3 rings (SSSR count). The first-order valence-corrected chi connectivity index (χ1v) is 7.80. The number of halogens is 1. The van der Waals surface area contributed by atoms with Crippen LogP contribution in [0.4, 0.5) is 5.69 Å². The number of rotatable bonds is 4. The third-order valence-electron chi connectivity index (χ3n) is 2.99. The van der Waals surface area contributed by atoms with Gasteiger partial charge in [0.1, 0.15) is 6.54 Å². The Bertz CT molecular complexity index is 799. The minimum Gasteiger partial charge on any atom is -0.324 e. The number of aromatic nitrogens is 4. The smallest absolute Gasteiger partial charge is 0.248 e. The van der Waals surface area contributed by atoms with E-state index in [0.717, 1.165) is 11.1 Å². The van der Waals surface area contributed by atoms with Gasteiger partial charge in [0.25, 0.3) is 0 Å². The van der Waals surface area contributed by atoms with Gasteiger partial charge < -0.3 is 5.32 Å². The number of benzene rings is 1. The Balaban J connectivity index is 1.68. The van der Waals surface area contributed by atoms with Crippen LogP contribution in [0, 0.1) is 6.92 Å². The highest BCUT2D eigenvalue weighted by Gasteiger charge is 2.10. The third-order valence-corrected chi connectivity index (χ3v) is 3.91. The van der Waals surface area contributed by atoms with Crippen molar-refractivity contribution < 1.29 is 4.79 Å². The van der Waals surface area contributed by atoms with Crippen LogP contribution < -0.4 is 5.32 Å². The summed E-state index contributed by atoms with van der Waals surface area (Å²) in [6.45, 7) is 1.89. The summed E-state index contributed by atoms with van der Waals surface area (Å²) in [5, 5.41) is 19.2. The molecule has 112 valence electrons. The predicted molar refractivity (Wildman–Crippen MR) is 85.9 cm³/mol. The Kier molecular flexibility index (Phi) is 4.17. The van der Waals surface area contributed by atoms with Crippen LogP contribution in [0.3, 0.4) is 0 Å². The molecule has 22 heavy (non-hydrogen) atoms. The second-order valence-electron chi connectivity index (χ2n) is 4.66. The Labute approximate surface area is 135 Å². The number of amides is 1. The van der Waals surface area contributed by atoms with Crippen LogP contribution >= 0.6 is 22.9 Å². The Morgan fingerprint density at radius 2 is 2.27 bits per heavy atom. The van der Waals surface area contributed by atoms with Gasteiger partial charge in [-0.15, -0.1) is 10.2 Å². The van der Waals surface area contributed by atoms with Crippen molar-refractivity contribution in [3.63, 3.8) is 0 Å². The topological polar surface area (TPSA) is 72.7 Å². The van der Waals surface area contributed by atoms with Crippen LogP contribution in [0.5, 0.6) is 0 Å². The van der Waals surface area contributed by atoms with Gasteiger partial charge in [0, 0.05) is 21.7 Å². The molecule has 8 heteroatoms. The average molecular weight is 334 g/mol. The first kappa shape index (κ1) is 14.7. The molecule has 0 saturated heterocycles. The zero-order valence-corrected chi connectivity index (χ0v) is 13.2. The maximum absolute atomic E-state index is 12.1. The second kappa shape index (κ2) is 6.25. The van der Waals surface area contributed by atoms with Crippen molar-refractivity contribution >= 4 is 34.5 Å². The lowest BCUT2D eigenvalue weighted by molar-refractivity contribution is -0.117. The van der Waals surface area contributed by atoms with Crippen molar-refractivity contribution in [1.82, 2.24) is 20.2 Å². The minimum atomic E-state index is -0.236. The molecule has 0 spiro atoms. The summed E-state index contributed by atoms with van der Waals surface area (Å²) in [7, 11) is 0. The van der Waals surface area contributed by atoms with Crippen molar-refractivity contribution in [2.24, 2.45) is 0 Å². The van der Waals surface area contributed by atoms with Crippen molar-refractivity contribution in [1.29, 1.82) is 0 Å². The van der Waals surface area contributed by atoms with E-state index in [1.165, 1.54) is 4.80 Å². The highest BCUT2D eigenvalue weighted by Crippen LogP contribution is 2.20. The van der Waals surface area contributed by atoms with E-state index in [1.807, 2.05) is 29.8 Å². The normalized spacial score (nSPS) is 10.6. The molecule has 0 radical (unpaired) electrons. The summed E-state index contributed by atoms with van der Waals surface area (Å²) in [6, 6.07) is 7.24. The number of thiophene rings is 1. The summed E-state index contributed by atoms with van der Waals surface area (Å²) in [5.74, 6) is 0.271. The zero-order chi connectivity index (χ0) is 15.5. The lowest BCUT2D eigenvalue weighted by Gasteiger charge is -2.08. The van der Waals surface area contributed by atoms with Gasteiger partial charge in [0.2, 0.25) is 11.7 Å². The predicted octanol–water partition coefficient (Wildman–Crippen LogP) is 3.00. The molecule has 0 atom stereocenters. The molecular weight excluding hydrogens is 322 g/mol. The fourth-order valence-electron chi connectivity index (χ4n) is 1.86. The van der Waals surface area contributed by atoms with Gasteiger partial charge in [-0.1, -0.05) is 17.7 Å². The molecule has 0 unspecified atom stereocenters. The van der Waals surface area contributed by atoms with Crippen LogP contribution in [0.1, 0.15) is 5.56 Å².